The minimum atomic E-state index is -1.96. The summed E-state index contributed by atoms with van der Waals surface area (Å²) in [6, 6.07) is -10.2. The number of carbonyl (C=O) groups is 15. The molecule has 13 atom stereocenters. The fraction of sp³-hybridized carbons (Fsp3) is 0.627. The van der Waals surface area contributed by atoms with E-state index >= 15 is 0 Å². The number of aromatic nitrogens is 2. The summed E-state index contributed by atoms with van der Waals surface area (Å²) in [6.45, 7) is 10.2. The quantitative estimate of drug-likeness (QED) is 0.0172. The van der Waals surface area contributed by atoms with Gasteiger partial charge < -0.3 is 107 Å². The number of aromatic amines is 1. The third-order valence-corrected chi connectivity index (χ3v) is 17.3. The second-order valence-corrected chi connectivity index (χ2v) is 26.8. The normalized spacial score (nSPS) is 16.0. The number of carboxylic acids is 3. The summed E-state index contributed by atoms with van der Waals surface area (Å²) >= 11 is 0. The molecule has 1 aromatic heterocycles. The van der Waals surface area contributed by atoms with Crippen LogP contribution in [-0.4, -0.2) is 211 Å². The van der Waals surface area contributed by atoms with E-state index in [0.29, 0.717) is 30.5 Å². The zero-order valence-corrected chi connectivity index (χ0v) is 59.8. The Kier molecular flexibility index (Phi) is 38.0. The number of aliphatic hydroxyl groups excluding tert-OH is 1. The summed E-state index contributed by atoms with van der Waals surface area (Å²) in [5.41, 5.74) is 23.6. The van der Waals surface area contributed by atoms with E-state index in [-0.39, 0.29) is 68.8 Å². The molecular weight excluding hydrogens is 1360 g/mol. The van der Waals surface area contributed by atoms with E-state index in [9.17, 15) is 92.3 Å². The van der Waals surface area contributed by atoms with E-state index in [0.717, 1.165) is 26.2 Å². The van der Waals surface area contributed by atoms with Crippen molar-refractivity contribution >= 4 is 94.8 Å². The van der Waals surface area contributed by atoms with Crippen molar-refractivity contribution in [1.29, 1.82) is 0 Å². The molecule has 37 nitrogen and oxygen atoms in total. The van der Waals surface area contributed by atoms with Crippen LogP contribution in [0.15, 0.2) is 47.8 Å². The number of H-pyrrole nitrogens is 1. The van der Waals surface area contributed by atoms with E-state index in [1.165, 1.54) is 12.5 Å². The Hall–Kier alpha value is -10.3. The monoisotopic (exact) mass is 1470 g/mol. The van der Waals surface area contributed by atoms with E-state index in [2.05, 4.69) is 73.4 Å². The van der Waals surface area contributed by atoms with Crippen LogP contribution in [0.4, 0.5) is 0 Å². The van der Waals surface area contributed by atoms with Gasteiger partial charge >= 0.3 is 17.9 Å². The second kappa shape index (κ2) is 44.9. The highest BCUT2D eigenvalue weighted by Gasteiger charge is 2.39. The molecule has 1 heterocycles. The maximum atomic E-state index is 14.6. The topological polar surface area (TPSA) is 614 Å². The zero-order valence-electron chi connectivity index (χ0n) is 59.8. The van der Waals surface area contributed by atoms with Crippen LogP contribution in [0.3, 0.4) is 0 Å². The first-order chi connectivity index (χ1) is 49.0. The summed E-state index contributed by atoms with van der Waals surface area (Å²) in [5, 5.41) is 66.6. The number of nitrogens with one attached hydrogen (secondary N) is 12. The molecule has 1 aliphatic carbocycles. The lowest BCUT2D eigenvalue weighted by Gasteiger charge is -2.31. The summed E-state index contributed by atoms with van der Waals surface area (Å²) in [5.74, 6) is -18.2. The van der Waals surface area contributed by atoms with Crippen LogP contribution in [0.25, 0.3) is 0 Å². The molecule has 24 N–H and O–H groups in total. The van der Waals surface area contributed by atoms with Crippen molar-refractivity contribution in [2.24, 2.45) is 51.6 Å². The maximum absolute atomic E-state index is 14.6. The number of hydrogen-bond donors (Lipinski definition) is 20. The van der Waals surface area contributed by atoms with Crippen LogP contribution in [0.2, 0.25) is 0 Å². The van der Waals surface area contributed by atoms with E-state index in [4.69, 9.17) is 22.9 Å². The Morgan fingerprint density at radius 3 is 1.54 bits per heavy atom. The summed E-state index contributed by atoms with van der Waals surface area (Å²) in [6.07, 6.45) is 3.02. The van der Waals surface area contributed by atoms with E-state index in [1.54, 1.807) is 71.9 Å². The number of nitrogens with zero attached hydrogens (tertiary/aromatic N) is 2. The molecule has 0 bridgehead atoms. The number of carboxylic acid groups (broad SMARTS) is 3. The Morgan fingerprint density at radius 1 is 0.538 bits per heavy atom. The van der Waals surface area contributed by atoms with Crippen molar-refractivity contribution in [2.75, 3.05) is 13.2 Å². The van der Waals surface area contributed by atoms with Gasteiger partial charge in [-0.15, -0.1) is 0 Å². The summed E-state index contributed by atoms with van der Waals surface area (Å²) in [7, 11) is 0. The predicted molar refractivity (Wildman–Crippen MR) is 374 cm³/mol. The van der Waals surface area contributed by atoms with Crippen molar-refractivity contribution in [1.82, 2.24) is 68.5 Å². The first kappa shape index (κ1) is 87.9. The molecule has 2 aromatic rings. The summed E-state index contributed by atoms with van der Waals surface area (Å²) in [4.78, 5) is 214. The number of aliphatic hydroxyl groups is 1. The third-order valence-electron chi connectivity index (χ3n) is 17.3. The van der Waals surface area contributed by atoms with Gasteiger partial charge in [0.1, 0.15) is 66.5 Å². The number of aliphatic imine (C=N–C) groups is 1. The van der Waals surface area contributed by atoms with Crippen molar-refractivity contribution in [3.05, 3.63) is 54.1 Å². The van der Waals surface area contributed by atoms with Crippen LogP contribution in [0.5, 0.6) is 0 Å². The van der Waals surface area contributed by atoms with Crippen molar-refractivity contribution in [3.8, 4) is 0 Å². The molecule has 1 fully saturated rings. The molecule has 1 aliphatic rings. The largest absolute Gasteiger partial charge is 0.481 e. The van der Waals surface area contributed by atoms with Gasteiger partial charge in [0.25, 0.3) is 0 Å². The van der Waals surface area contributed by atoms with Gasteiger partial charge in [0, 0.05) is 44.1 Å². The highest BCUT2D eigenvalue weighted by molar-refractivity contribution is 6.00. The van der Waals surface area contributed by atoms with E-state index in [1.807, 2.05) is 0 Å². The first-order valence-electron chi connectivity index (χ1n) is 34.8. The highest BCUT2D eigenvalue weighted by atomic mass is 16.4. The van der Waals surface area contributed by atoms with Crippen LogP contribution < -0.4 is 81.4 Å². The van der Waals surface area contributed by atoms with Gasteiger partial charge in [-0.3, -0.25) is 76.9 Å². The molecule has 104 heavy (non-hydrogen) atoms. The maximum Gasteiger partial charge on any atom is 0.305 e. The summed E-state index contributed by atoms with van der Waals surface area (Å²) < 4.78 is 0. The van der Waals surface area contributed by atoms with Gasteiger partial charge in [-0.25, -0.2) is 4.98 Å². The highest BCUT2D eigenvalue weighted by Crippen LogP contribution is 2.28. The van der Waals surface area contributed by atoms with Gasteiger partial charge in [0.2, 0.25) is 70.9 Å². The Labute approximate surface area is 602 Å². The molecule has 0 radical (unpaired) electrons. The molecule has 578 valence electrons. The zero-order chi connectivity index (χ0) is 77.9. The van der Waals surface area contributed by atoms with Crippen molar-refractivity contribution < 1.29 is 92.3 Å². The molecule has 0 aliphatic heterocycles. The fourth-order valence-corrected chi connectivity index (χ4v) is 11.2. The molecule has 0 saturated heterocycles. The Bertz CT molecular complexity index is 3260. The van der Waals surface area contributed by atoms with E-state index < -0.39 is 206 Å². The van der Waals surface area contributed by atoms with Crippen LogP contribution in [-0.2, 0) is 84.8 Å². The van der Waals surface area contributed by atoms with Crippen molar-refractivity contribution in [3.63, 3.8) is 0 Å². The third kappa shape index (κ3) is 31.9. The lowest BCUT2D eigenvalue weighted by Crippen LogP contribution is -2.61. The number of amides is 12. The number of aliphatic carboxylic acids is 3. The molecule has 1 aromatic carbocycles. The minimum absolute atomic E-state index is 0.00312. The number of benzene rings is 1. The van der Waals surface area contributed by atoms with Gasteiger partial charge in [0.05, 0.1) is 25.4 Å². The Morgan fingerprint density at radius 2 is 1.02 bits per heavy atom. The number of carbonyl (C=O) groups excluding carboxylic acids is 12. The minimum Gasteiger partial charge on any atom is -0.481 e. The lowest BCUT2D eigenvalue weighted by atomic mass is 9.84. The lowest BCUT2D eigenvalue weighted by molar-refractivity contribution is -0.142. The molecule has 0 unspecified atom stereocenters. The molecule has 3 rings (SSSR count). The average Bonchev–Trinajstić information content (AvgIpc) is 1.32. The second-order valence-electron chi connectivity index (χ2n) is 26.8. The molecule has 37 heteroatoms. The van der Waals surface area contributed by atoms with Gasteiger partial charge in [-0.05, 0) is 74.7 Å². The number of nitrogens with two attached hydrogens (primary N) is 4. The number of guanidine groups is 1. The fourth-order valence-electron chi connectivity index (χ4n) is 11.2. The van der Waals surface area contributed by atoms with Gasteiger partial charge in [0.15, 0.2) is 5.96 Å². The van der Waals surface area contributed by atoms with Gasteiger partial charge in [-0.1, -0.05) is 110 Å². The average molecular weight is 1470 g/mol. The number of imidazole rings is 1. The predicted octanol–water partition coefficient (Wildman–Crippen LogP) is -3.67. The molecule has 12 amide bonds. The number of primary amides is 1. The van der Waals surface area contributed by atoms with Crippen molar-refractivity contribution in [2.45, 2.75) is 230 Å². The van der Waals surface area contributed by atoms with Crippen LogP contribution in [0.1, 0.15) is 156 Å². The number of hydrogen-bond acceptors (Lipinski definition) is 19. The molecule has 1 saturated carbocycles. The van der Waals surface area contributed by atoms with Gasteiger partial charge in [-0.2, -0.15) is 0 Å². The SMILES string of the molecule is CC[C@H](C)[C@H](N)C(=O)N[C@@H](CO)C(=O)N[C@@H](CCC(=O)O)C(=O)N[C@H](C(=O)N[C@@H](CC1CCCCC1)C(=O)N[C@@H](CC(C)C)C(=O)N[C@@H](CC(=O)O)C(=O)N[C@@H](C)C(=O)N[C@@H](CCC(=O)O)C(=O)N[C@@H](Cc1ccccc1)C(=O)N[C@@H](CCCN=C(N)N)C(=O)N[C@@H](Cc1cnc[nH]1)C(N)=O)C(C)C. The van der Waals surface area contributed by atoms with Crippen LogP contribution >= 0.6 is 0 Å². The molecule has 0 spiro atoms. The number of rotatable bonds is 47. The standard InChI is InChI=1S/C67H106N18O19/c1-8-36(6)53(68)65(103)84-49(32-86)64(102)78-43(22-24-51(89)90)59(97)85-54(35(4)5)66(104)83-47(28-39-18-13-10-14-19-39)63(101)80-45(26-34(2)3)61(99)82-48(30-52(91)92)60(98)75-37(7)56(94)76-42(21-23-50(87)88)58(96)81-46(27-38-16-11-9-12-17-38)62(100)77-41(20-15-25-73-67(70)71)57(95)79-44(55(69)93)29-40-31-72-33-74-40/h9,11-12,16-17,31,33-37,39,41-49,53-54,86H,8,10,13-15,18-30,32,68H2,1-7H3,(H2,69,93)(H,72,74)(H,75,98)(H,76,94)(H,77,100)(H,78,102)(H,79,95)(H,80,101)(H,81,96)(H,82,99)(H,83,104)(H,84,103)(H,85,97)(H,87,88)(H,89,90)(H,91,92)(H4,70,71,73)/t36-,37-,41-,42-,43-,44-,45-,46-,47-,48-,49-,53-,54-/m0/s1. The van der Waals surface area contributed by atoms with Crippen LogP contribution in [0, 0.1) is 23.7 Å². The Balaban J connectivity index is 1.90. The first-order valence-corrected chi connectivity index (χ1v) is 34.8. The smallest absolute Gasteiger partial charge is 0.305 e. The molecular formula is C67H106N18O19.